The molecule has 3 aromatic rings. The smallest absolute Gasteiger partial charge is 0.256 e. The predicted molar refractivity (Wildman–Crippen MR) is 117 cm³/mol. The molecule has 0 N–H and O–H groups in total. The summed E-state index contributed by atoms with van der Waals surface area (Å²) in [7, 11) is -5.73. The molecule has 0 radical (unpaired) electrons. The summed E-state index contributed by atoms with van der Waals surface area (Å²) >= 11 is 0. The first-order chi connectivity index (χ1) is 14.7. The second-order valence-corrected chi connectivity index (χ2v) is 10.7. The molecule has 0 saturated heterocycles. The second-order valence-electron chi connectivity index (χ2n) is 6.66. The van der Waals surface area contributed by atoms with Crippen LogP contribution in [-0.2, 0) is 26.6 Å². The van der Waals surface area contributed by atoms with Gasteiger partial charge in [-0.2, -0.15) is 0 Å². The summed E-state index contributed by atoms with van der Waals surface area (Å²) in [5.41, 5.74) is 2.14. The molecule has 1 heterocycles. The van der Waals surface area contributed by atoms with E-state index in [1.165, 1.54) is 32.4 Å². The van der Waals surface area contributed by atoms with Crippen LogP contribution in [0.25, 0.3) is 11.1 Å². The zero-order valence-electron chi connectivity index (χ0n) is 17.2. The maximum absolute atomic E-state index is 13.2. The molecule has 0 aliphatic carbocycles. The summed E-state index contributed by atoms with van der Waals surface area (Å²) in [6, 6.07) is 14.6. The number of methoxy groups -OCH3 is 2. The van der Waals surface area contributed by atoms with E-state index in [2.05, 4.69) is 4.98 Å². The van der Waals surface area contributed by atoms with E-state index in [-0.39, 0.29) is 17.2 Å². The minimum absolute atomic E-state index is 0.176. The fraction of sp³-hybridized carbons (Fsp3) is 0.190. The van der Waals surface area contributed by atoms with E-state index in [1.54, 1.807) is 36.7 Å². The lowest BCUT2D eigenvalue weighted by atomic mass is 10.1. The Hall–Kier alpha value is -2.95. The van der Waals surface area contributed by atoms with Crippen molar-refractivity contribution in [1.29, 1.82) is 0 Å². The van der Waals surface area contributed by atoms with Crippen molar-refractivity contribution in [3.63, 3.8) is 0 Å². The fourth-order valence-corrected chi connectivity index (χ4v) is 6.12. The first-order valence-corrected chi connectivity index (χ1v) is 12.4. The van der Waals surface area contributed by atoms with Crippen molar-refractivity contribution in [3.8, 4) is 22.6 Å². The quantitative estimate of drug-likeness (QED) is 0.507. The van der Waals surface area contributed by atoms with Crippen molar-refractivity contribution in [3.05, 3.63) is 72.6 Å². The van der Waals surface area contributed by atoms with E-state index in [4.69, 9.17) is 9.47 Å². The van der Waals surface area contributed by atoms with Crippen molar-refractivity contribution in [2.45, 2.75) is 11.4 Å². The van der Waals surface area contributed by atoms with Crippen LogP contribution in [0.4, 0.5) is 0 Å². The summed E-state index contributed by atoms with van der Waals surface area (Å²) in [4.78, 5) is 3.85. The largest absolute Gasteiger partial charge is 0.493 e. The normalized spacial score (nSPS) is 12.0. The lowest BCUT2D eigenvalue weighted by Crippen LogP contribution is -2.35. The Balaban J connectivity index is 2.02. The molecule has 8 nitrogen and oxygen atoms in total. The number of aromatic nitrogens is 1. The highest BCUT2D eigenvalue weighted by Gasteiger charge is 2.33. The van der Waals surface area contributed by atoms with Gasteiger partial charge in [-0.25, -0.2) is 16.8 Å². The number of rotatable bonds is 8. The molecule has 2 aromatic carbocycles. The van der Waals surface area contributed by atoms with E-state index in [1.807, 2.05) is 12.1 Å². The number of pyridine rings is 1. The van der Waals surface area contributed by atoms with Crippen molar-refractivity contribution < 1.29 is 26.3 Å². The molecular weight excluding hydrogens is 440 g/mol. The van der Waals surface area contributed by atoms with Crippen LogP contribution >= 0.6 is 0 Å². The van der Waals surface area contributed by atoms with Gasteiger partial charge in [-0.15, -0.1) is 0 Å². The van der Waals surface area contributed by atoms with Gasteiger partial charge in [0.15, 0.2) is 11.5 Å². The summed E-state index contributed by atoms with van der Waals surface area (Å²) in [6.07, 6.45) is 4.18. The van der Waals surface area contributed by atoms with Gasteiger partial charge in [0.25, 0.3) is 10.0 Å². The standard InChI is InChI=1S/C21H22N2O6S2/c1-28-20-10-9-19(13-21(20)29-2)31(26,27)23(30(3,24)25)15-16-6-4-7-17(12-16)18-8-5-11-22-14-18/h4-14H,15H2,1-3H3. The van der Waals surface area contributed by atoms with Crippen LogP contribution in [0.3, 0.4) is 0 Å². The van der Waals surface area contributed by atoms with Crippen LogP contribution in [0.5, 0.6) is 11.5 Å². The van der Waals surface area contributed by atoms with Gasteiger partial charge in [0.1, 0.15) is 0 Å². The minimum atomic E-state index is -4.39. The molecule has 10 heteroatoms. The van der Waals surface area contributed by atoms with Crippen LogP contribution in [0.2, 0.25) is 0 Å². The SMILES string of the molecule is COc1ccc(S(=O)(=O)N(Cc2cccc(-c3cccnc3)c2)S(C)(=O)=O)cc1OC. The highest BCUT2D eigenvalue weighted by Crippen LogP contribution is 2.32. The number of benzene rings is 2. The first kappa shape index (κ1) is 22.7. The van der Waals surface area contributed by atoms with Crippen molar-refractivity contribution in [1.82, 2.24) is 8.69 Å². The molecule has 0 spiro atoms. The summed E-state index contributed by atoms with van der Waals surface area (Å²) in [5, 5.41) is 0. The molecular formula is C21H22N2O6S2. The third-order valence-electron chi connectivity index (χ3n) is 4.52. The molecule has 0 bridgehead atoms. The van der Waals surface area contributed by atoms with Gasteiger partial charge in [-0.05, 0) is 41.0 Å². The van der Waals surface area contributed by atoms with Crippen molar-refractivity contribution >= 4 is 20.0 Å². The molecule has 0 unspecified atom stereocenters. The molecule has 3 rings (SSSR count). The van der Waals surface area contributed by atoms with E-state index >= 15 is 0 Å². The number of ether oxygens (including phenoxy) is 2. The lowest BCUT2D eigenvalue weighted by molar-refractivity contribution is 0.353. The molecule has 0 fully saturated rings. The van der Waals surface area contributed by atoms with Crippen LogP contribution in [0.15, 0.2) is 71.9 Å². The highest BCUT2D eigenvalue weighted by molar-refractivity contribution is 8.03. The Morgan fingerprint density at radius 3 is 2.19 bits per heavy atom. The molecule has 0 atom stereocenters. The Kier molecular flexibility index (Phi) is 6.63. The summed E-state index contributed by atoms with van der Waals surface area (Å²) < 4.78 is 62.2. The lowest BCUT2D eigenvalue weighted by Gasteiger charge is -2.21. The fourth-order valence-electron chi connectivity index (χ4n) is 3.01. The van der Waals surface area contributed by atoms with Crippen molar-refractivity contribution in [2.75, 3.05) is 20.5 Å². The van der Waals surface area contributed by atoms with Gasteiger partial charge in [0.2, 0.25) is 10.0 Å². The van der Waals surface area contributed by atoms with Crippen LogP contribution < -0.4 is 9.47 Å². The monoisotopic (exact) mass is 462 g/mol. The Bertz CT molecular complexity index is 1280. The maximum Gasteiger partial charge on any atom is 0.256 e. The molecule has 0 aliphatic heterocycles. The Labute approximate surface area is 182 Å². The Morgan fingerprint density at radius 2 is 1.58 bits per heavy atom. The van der Waals surface area contributed by atoms with Gasteiger partial charge >= 0.3 is 0 Å². The second kappa shape index (κ2) is 9.04. The summed E-state index contributed by atoms with van der Waals surface area (Å²) in [5.74, 6) is 0.507. The average Bonchev–Trinajstić information content (AvgIpc) is 2.76. The third kappa shape index (κ3) is 5.04. The summed E-state index contributed by atoms with van der Waals surface area (Å²) in [6.45, 7) is -0.358. The van der Waals surface area contributed by atoms with E-state index < -0.39 is 20.0 Å². The first-order valence-electron chi connectivity index (χ1n) is 9.11. The van der Waals surface area contributed by atoms with Gasteiger partial charge in [-0.1, -0.05) is 28.0 Å². The number of sulfonamides is 2. The van der Waals surface area contributed by atoms with E-state index in [9.17, 15) is 16.8 Å². The molecule has 0 saturated carbocycles. The Morgan fingerprint density at radius 1 is 0.871 bits per heavy atom. The van der Waals surface area contributed by atoms with Crippen LogP contribution in [0.1, 0.15) is 5.56 Å². The zero-order valence-corrected chi connectivity index (χ0v) is 18.9. The van der Waals surface area contributed by atoms with Gasteiger partial charge in [0.05, 0.1) is 31.9 Å². The molecule has 0 aliphatic rings. The zero-order chi connectivity index (χ0) is 22.6. The molecule has 1 aromatic heterocycles. The third-order valence-corrected chi connectivity index (χ3v) is 8.31. The highest BCUT2D eigenvalue weighted by atomic mass is 32.3. The van der Waals surface area contributed by atoms with Crippen LogP contribution in [0, 0.1) is 0 Å². The number of hydrogen-bond donors (Lipinski definition) is 0. The minimum Gasteiger partial charge on any atom is -0.493 e. The van der Waals surface area contributed by atoms with Gasteiger partial charge in [0, 0.05) is 18.5 Å². The van der Waals surface area contributed by atoms with Gasteiger partial charge < -0.3 is 9.47 Å². The number of nitrogens with zero attached hydrogens (tertiary/aromatic N) is 2. The maximum atomic E-state index is 13.2. The van der Waals surface area contributed by atoms with Crippen molar-refractivity contribution in [2.24, 2.45) is 0 Å². The predicted octanol–water partition coefficient (Wildman–Crippen LogP) is 2.92. The topological polar surface area (TPSA) is 103 Å². The number of hydrogen-bond acceptors (Lipinski definition) is 7. The van der Waals surface area contributed by atoms with Crippen LogP contribution in [-0.4, -0.2) is 46.0 Å². The average molecular weight is 463 g/mol. The molecule has 0 amide bonds. The molecule has 31 heavy (non-hydrogen) atoms. The van der Waals surface area contributed by atoms with E-state index in [0.29, 0.717) is 15.0 Å². The molecule has 164 valence electrons. The van der Waals surface area contributed by atoms with E-state index in [0.717, 1.165) is 17.4 Å². The van der Waals surface area contributed by atoms with Gasteiger partial charge in [-0.3, -0.25) is 4.98 Å².